The number of rotatable bonds is 5. The van der Waals surface area contributed by atoms with Gasteiger partial charge in [0.25, 0.3) is 0 Å². The lowest BCUT2D eigenvalue weighted by molar-refractivity contribution is 1.04. The first-order chi connectivity index (χ1) is 8.88. The summed E-state index contributed by atoms with van der Waals surface area (Å²) < 4.78 is 0. The number of halogens is 1. The van der Waals surface area contributed by atoms with Crippen LogP contribution in [0.2, 0.25) is 0 Å². The topological polar surface area (TPSA) is 0 Å². The molecule has 0 radical (unpaired) electrons. The second kappa shape index (κ2) is 7.19. The third-order valence-corrected chi connectivity index (χ3v) is 4.11. The SMILES string of the molecule is Cl[SiH2]C=C(Cc1ccccc1)Cc1ccccc1. The highest BCUT2D eigenvalue weighted by atomic mass is 35.6. The van der Waals surface area contributed by atoms with Crippen LogP contribution in [-0.4, -0.2) is 8.83 Å². The molecule has 2 rings (SSSR count). The zero-order valence-electron chi connectivity index (χ0n) is 10.4. The molecular formula is C16H17ClSi. The quantitative estimate of drug-likeness (QED) is 0.575. The van der Waals surface area contributed by atoms with Crippen molar-refractivity contribution in [3.8, 4) is 0 Å². The molecule has 0 amide bonds. The third kappa shape index (κ3) is 4.17. The van der Waals surface area contributed by atoms with Crippen molar-refractivity contribution in [2.45, 2.75) is 12.8 Å². The van der Waals surface area contributed by atoms with Gasteiger partial charge in [0.2, 0.25) is 0 Å². The average Bonchev–Trinajstić information content (AvgIpc) is 2.41. The van der Waals surface area contributed by atoms with Crippen molar-refractivity contribution < 1.29 is 0 Å². The van der Waals surface area contributed by atoms with E-state index in [1.165, 1.54) is 16.7 Å². The highest BCUT2D eigenvalue weighted by Crippen LogP contribution is 2.13. The molecule has 2 aromatic carbocycles. The predicted octanol–water partition coefficient (Wildman–Crippen LogP) is 3.68. The van der Waals surface area contributed by atoms with Gasteiger partial charge < -0.3 is 0 Å². The molecule has 0 saturated carbocycles. The molecule has 0 aliphatic carbocycles. The first kappa shape index (κ1) is 13.1. The summed E-state index contributed by atoms with van der Waals surface area (Å²) >= 11 is 5.99. The van der Waals surface area contributed by atoms with Gasteiger partial charge in [-0.3, -0.25) is 0 Å². The minimum absolute atomic E-state index is 0.555. The molecule has 2 aromatic rings. The summed E-state index contributed by atoms with van der Waals surface area (Å²) in [5.41, 5.74) is 6.42. The van der Waals surface area contributed by atoms with Crippen LogP contribution in [0.5, 0.6) is 0 Å². The fourth-order valence-corrected chi connectivity index (χ4v) is 3.19. The number of allylic oxidation sites excluding steroid dienone is 1. The van der Waals surface area contributed by atoms with Gasteiger partial charge in [-0.2, -0.15) is 11.1 Å². The summed E-state index contributed by atoms with van der Waals surface area (Å²) in [4.78, 5) is 0. The molecule has 0 spiro atoms. The Morgan fingerprint density at radius 3 is 1.67 bits per heavy atom. The monoisotopic (exact) mass is 272 g/mol. The minimum atomic E-state index is -0.555. The van der Waals surface area contributed by atoms with E-state index < -0.39 is 8.83 Å². The van der Waals surface area contributed by atoms with Gasteiger partial charge in [0, 0.05) is 0 Å². The molecule has 0 nitrogen and oxygen atoms in total. The summed E-state index contributed by atoms with van der Waals surface area (Å²) in [5, 5.41) is 0. The Labute approximate surface area is 116 Å². The lowest BCUT2D eigenvalue weighted by Gasteiger charge is -2.08. The van der Waals surface area contributed by atoms with E-state index in [0.29, 0.717) is 0 Å². The van der Waals surface area contributed by atoms with Crippen LogP contribution >= 0.6 is 11.1 Å². The van der Waals surface area contributed by atoms with Crippen molar-refractivity contribution in [3.05, 3.63) is 83.1 Å². The maximum Gasteiger partial charge on any atom is 0.148 e. The van der Waals surface area contributed by atoms with Crippen LogP contribution in [0.4, 0.5) is 0 Å². The van der Waals surface area contributed by atoms with Crippen molar-refractivity contribution in [3.63, 3.8) is 0 Å². The Bertz CT molecular complexity index is 448. The molecule has 0 fully saturated rings. The summed E-state index contributed by atoms with van der Waals surface area (Å²) in [5.74, 6) is 0. The zero-order valence-corrected chi connectivity index (χ0v) is 12.5. The fraction of sp³-hybridized carbons (Fsp3) is 0.125. The Morgan fingerprint density at radius 1 is 0.833 bits per heavy atom. The van der Waals surface area contributed by atoms with Gasteiger partial charge in [-0.25, -0.2) is 0 Å². The summed E-state index contributed by atoms with van der Waals surface area (Å²) in [6.07, 6.45) is 2.02. The second-order valence-electron chi connectivity index (χ2n) is 4.34. The number of hydrogen-bond donors (Lipinski definition) is 0. The van der Waals surface area contributed by atoms with Crippen molar-refractivity contribution >= 4 is 19.9 Å². The van der Waals surface area contributed by atoms with Crippen LogP contribution in [0.25, 0.3) is 0 Å². The Balaban J connectivity index is 2.08. The van der Waals surface area contributed by atoms with Crippen molar-refractivity contribution in [2.75, 3.05) is 0 Å². The van der Waals surface area contributed by atoms with E-state index in [1.54, 1.807) is 0 Å². The molecular weight excluding hydrogens is 256 g/mol. The Kier molecular flexibility index (Phi) is 5.25. The van der Waals surface area contributed by atoms with Gasteiger partial charge in [-0.15, -0.1) is 0 Å². The van der Waals surface area contributed by atoms with Crippen LogP contribution in [0.1, 0.15) is 11.1 Å². The van der Waals surface area contributed by atoms with Gasteiger partial charge in [0.15, 0.2) is 0 Å². The van der Waals surface area contributed by atoms with Crippen LogP contribution in [-0.2, 0) is 12.8 Å². The molecule has 0 N–H and O–H groups in total. The fourth-order valence-electron chi connectivity index (χ4n) is 2.03. The van der Waals surface area contributed by atoms with Crippen LogP contribution in [0, 0.1) is 0 Å². The standard InChI is InChI=1S/C16H17ClSi/c17-18-13-16(11-14-7-3-1-4-8-14)12-15-9-5-2-6-10-15/h1-10,13H,11-12,18H2. The molecule has 2 heteroatoms. The van der Waals surface area contributed by atoms with Crippen LogP contribution in [0.15, 0.2) is 71.9 Å². The molecule has 0 aliphatic heterocycles. The van der Waals surface area contributed by atoms with Crippen molar-refractivity contribution in [2.24, 2.45) is 0 Å². The highest BCUT2D eigenvalue weighted by molar-refractivity contribution is 6.96. The second-order valence-corrected chi connectivity index (χ2v) is 5.98. The molecule has 0 atom stereocenters. The Morgan fingerprint density at radius 2 is 1.28 bits per heavy atom. The normalized spacial score (nSPS) is 10.7. The molecule has 0 saturated heterocycles. The van der Waals surface area contributed by atoms with E-state index >= 15 is 0 Å². The average molecular weight is 273 g/mol. The zero-order chi connectivity index (χ0) is 12.6. The maximum absolute atomic E-state index is 5.99. The van der Waals surface area contributed by atoms with E-state index in [0.717, 1.165) is 12.8 Å². The number of benzene rings is 2. The molecule has 0 aliphatic rings. The first-order valence-electron chi connectivity index (χ1n) is 6.20. The van der Waals surface area contributed by atoms with Gasteiger partial charge in [-0.05, 0) is 24.0 Å². The van der Waals surface area contributed by atoms with E-state index in [-0.39, 0.29) is 0 Å². The van der Waals surface area contributed by atoms with Crippen LogP contribution < -0.4 is 0 Å². The molecule has 0 heterocycles. The molecule has 0 unspecified atom stereocenters. The van der Waals surface area contributed by atoms with E-state index in [1.807, 2.05) is 0 Å². The maximum atomic E-state index is 5.99. The van der Waals surface area contributed by atoms with Crippen molar-refractivity contribution in [1.29, 1.82) is 0 Å². The summed E-state index contributed by atoms with van der Waals surface area (Å²) in [7, 11) is -0.555. The molecule has 0 bridgehead atoms. The third-order valence-electron chi connectivity index (χ3n) is 2.91. The van der Waals surface area contributed by atoms with E-state index in [9.17, 15) is 0 Å². The van der Waals surface area contributed by atoms with Crippen LogP contribution in [0.3, 0.4) is 0 Å². The Hall–Kier alpha value is -1.31. The van der Waals surface area contributed by atoms with E-state index in [2.05, 4.69) is 66.4 Å². The summed E-state index contributed by atoms with van der Waals surface area (Å²) in [6, 6.07) is 21.2. The van der Waals surface area contributed by atoms with Gasteiger partial charge in [0.1, 0.15) is 8.83 Å². The lowest BCUT2D eigenvalue weighted by Crippen LogP contribution is -1.97. The summed E-state index contributed by atoms with van der Waals surface area (Å²) in [6.45, 7) is 0. The highest BCUT2D eigenvalue weighted by Gasteiger charge is 2.01. The minimum Gasteiger partial charge on any atom is -0.171 e. The van der Waals surface area contributed by atoms with Gasteiger partial charge >= 0.3 is 0 Å². The molecule has 0 aromatic heterocycles. The molecule has 92 valence electrons. The largest absolute Gasteiger partial charge is 0.171 e. The number of hydrogen-bond acceptors (Lipinski definition) is 0. The predicted molar refractivity (Wildman–Crippen MR) is 82.8 cm³/mol. The van der Waals surface area contributed by atoms with Crippen molar-refractivity contribution in [1.82, 2.24) is 0 Å². The lowest BCUT2D eigenvalue weighted by atomic mass is 10.00. The first-order valence-corrected chi connectivity index (χ1v) is 9.15. The van der Waals surface area contributed by atoms with Gasteiger partial charge in [0.05, 0.1) is 0 Å². The van der Waals surface area contributed by atoms with E-state index in [4.69, 9.17) is 11.1 Å². The smallest absolute Gasteiger partial charge is 0.148 e. The van der Waals surface area contributed by atoms with Gasteiger partial charge in [-0.1, -0.05) is 71.9 Å². The molecule has 18 heavy (non-hydrogen) atoms.